The third kappa shape index (κ3) is 3.59. The summed E-state index contributed by atoms with van der Waals surface area (Å²) in [5, 5.41) is 4.73. The molecule has 6 heteroatoms. The van der Waals surface area contributed by atoms with Gasteiger partial charge < -0.3 is 4.42 Å². The molecule has 116 valence electrons. The van der Waals surface area contributed by atoms with Crippen LogP contribution in [0.1, 0.15) is 22.9 Å². The Hall–Kier alpha value is -2.75. The first kappa shape index (κ1) is 16.1. The molecule has 0 fully saturated rings. The van der Waals surface area contributed by atoms with E-state index >= 15 is 0 Å². The van der Waals surface area contributed by atoms with Gasteiger partial charge in [-0.3, -0.25) is 0 Å². The molecule has 24 heavy (non-hydrogen) atoms. The lowest BCUT2D eigenvalue weighted by atomic mass is 9.91. The highest BCUT2D eigenvalue weighted by atomic mass is 32.1. The van der Waals surface area contributed by atoms with Gasteiger partial charge in [0.2, 0.25) is 5.89 Å². The summed E-state index contributed by atoms with van der Waals surface area (Å²) in [6.07, 6.45) is 3.20. The van der Waals surface area contributed by atoms with Gasteiger partial charge in [0.15, 0.2) is 0 Å². The number of aromatic nitrogens is 1. The van der Waals surface area contributed by atoms with Crippen molar-refractivity contribution < 1.29 is 4.42 Å². The maximum atomic E-state index is 5.54. The van der Waals surface area contributed by atoms with Crippen molar-refractivity contribution in [3.63, 3.8) is 0 Å². The van der Waals surface area contributed by atoms with Gasteiger partial charge in [-0.05, 0) is 59.8 Å². The van der Waals surface area contributed by atoms with Crippen LogP contribution < -0.4 is 0 Å². The summed E-state index contributed by atoms with van der Waals surface area (Å²) in [5.74, 6) is 0.489. The predicted molar refractivity (Wildman–Crippen MR) is 99.7 cm³/mol. The van der Waals surface area contributed by atoms with E-state index in [1.807, 2.05) is 48.5 Å². The molecule has 3 rings (SSSR count). The van der Waals surface area contributed by atoms with Crippen LogP contribution >= 0.6 is 24.4 Å². The Kier molecular flexibility index (Phi) is 5.16. The van der Waals surface area contributed by atoms with E-state index in [4.69, 9.17) is 4.42 Å². The number of rotatable bonds is 5. The first-order valence-electron chi connectivity index (χ1n) is 7.07. The summed E-state index contributed by atoms with van der Waals surface area (Å²) < 4.78 is 5.54. The van der Waals surface area contributed by atoms with Gasteiger partial charge in [0.05, 0.1) is 33.8 Å². The standard InChI is InChI=1S/C18H11N3OS2/c23-11-20-15-5-1-13(2-6-15)17(18-19-9-10-22-18)14-3-7-16(8-4-14)21-12-24/h1-10,17H. The minimum absolute atomic E-state index is 0.129. The van der Waals surface area contributed by atoms with Gasteiger partial charge >= 0.3 is 0 Å². The predicted octanol–water partition coefficient (Wildman–Crippen LogP) is 5.32. The topological polar surface area (TPSA) is 50.8 Å². The number of isothiocyanates is 2. The average molecular weight is 349 g/mol. The van der Waals surface area contributed by atoms with Crippen molar-refractivity contribution in [2.45, 2.75) is 5.92 Å². The minimum Gasteiger partial charge on any atom is -0.448 e. The van der Waals surface area contributed by atoms with Crippen LogP contribution in [-0.4, -0.2) is 15.3 Å². The van der Waals surface area contributed by atoms with Gasteiger partial charge in [-0.2, -0.15) is 9.98 Å². The zero-order valence-electron chi connectivity index (χ0n) is 12.4. The maximum absolute atomic E-state index is 5.54. The Morgan fingerprint density at radius 3 is 1.71 bits per heavy atom. The summed E-state index contributed by atoms with van der Waals surface area (Å²) in [6, 6.07) is 15.4. The van der Waals surface area contributed by atoms with E-state index in [1.165, 1.54) is 0 Å². The molecular weight excluding hydrogens is 338 g/mol. The SMILES string of the molecule is S=C=Nc1ccc(C(c2ccc(N=C=S)cc2)c2ncco2)cc1. The summed E-state index contributed by atoms with van der Waals surface area (Å²) in [6.45, 7) is 0. The van der Waals surface area contributed by atoms with Gasteiger partial charge in [0, 0.05) is 0 Å². The van der Waals surface area contributed by atoms with E-state index in [-0.39, 0.29) is 5.92 Å². The van der Waals surface area contributed by atoms with E-state index in [1.54, 1.807) is 12.5 Å². The maximum Gasteiger partial charge on any atom is 0.205 e. The number of thiocarbonyl (C=S) groups is 2. The van der Waals surface area contributed by atoms with Gasteiger partial charge in [0.1, 0.15) is 6.26 Å². The number of hydrogen-bond acceptors (Lipinski definition) is 6. The van der Waals surface area contributed by atoms with E-state index in [9.17, 15) is 0 Å². The zero-order chi connectivity index (χ0) is 16.8. The summed E-state index contributed by atoms with van der Waals surface area (Å²) in [4.78, 5) is 12.3. The summed E-state index contributed by atoms with van der Waals surface area (Å²) in [5.41, 5.74) is 3.58. The lowest BCUT2D eigenvalue weighted by Gasteiger charge is -2.15. The highest BCUT2D eigenvalue weighted by Gasteiger charge is 2.20. The Balaban J connectivity index is 2.03. The van der Waals surface area contributed by atoms with Crippen LogP contribution in [0.25, 0.3) is 0 Å². The van der Waals surface area contributed by atoms with Crippen molar-refractivity contribution in [2.24, 2.45) is 9.98 Å². The molecule has 3 aromatic rings. The molecular formula is C18H11N3OS2. The van der Waals surface area contributed by atoms with Gasteiger partial charge in [-0.1, -0.05) is 24.3 Å². The number of benzene rings is 2. The quantitative estimate of drug-likeness (QED) is 0.462. The molecule has 0 aliphatic rings. The molecule has 0 amide bonds. The van der Waals surface area contributed by atoms with E-state index < -0.39 is 0 Å². The Bertz CT molecular complexity index is 844. The van der Waals surface area contributed by atoms with E-state index in [0.29, 0.717) is 5.89 Å². The molecule has 0 spiro atoms. The normalized spacial score (nSPS) is 11.2. The minimum atomic E-state index is -0.129. The van der Waals surface area contributed by atoms with Crippen molar-refractivity contribution in [3.05, 3.63) is 78.0 Å². The molecule has 0 saturated carbocycles. The van der Waals surface area contributed by atoms with E-state index in [2.05, 4.69) is 49.7 Å². The monoisotopic (exact) mass is 349 g/mol. The summed E-state index contributed by atoms with van der Waals surface area (Å²) in [7, 11) is 0. The van der Waals surface area contributed by atoms with Crippen molar-refractivity contribution in [1.29, 1.82) is 0 Å². The second-order valence-electron chi connectivity index (χ2n) is 4.89. The van der Waals surface area contributed by atoms with Crippen molar-refractivity contribution >= 4 is 46.1 Å². The largest absolute Gasteiger partial charge is 0.448 e. The smallest absolute Gasteiger partial charge is 0.205 e. The molecule has 0 N–H and O–H groups in total. The Morgan fingerprint density at radius 2 is 1.33 bits per heavy atom. The fourth-order valence-electron chi connectivity index (χ4n) is 2.44. The fraction of sp³-hybridized carbons (Fsp3) is 0.0556. The number of hydrogen-bond donors (Lipinski definition) is 0. The molecule has 0 unspecified atom stereocenters. The molecule has 1 aromatic heterocycles. The first-order valence-corrected chi connectivity index (χ1v) is 7.88. The zero-order valence-corrected chi connectivity index (χ0v) is 14.1. The van der Waals surface area contributed by atoms with E-state index in [0.717, 1.165) is 22.5 Å². The van der Waals surface area contributed by atoms with Crippen LogP contribution in [-0.2, 0) is 0 Å². The number of oxazole rings is 1. The second-order valence-corrected chi connectivity index (χ2v) is 5.26. The van der Waals surface area contributed by atoms with Gasteiger partial charge in [0.25, 0.3) is 0 Å². The summed E-state index contributed by atoms with van der Waals surface area (Å²) >= 11 is 9.26. The highest BCUT2D eigenvalue weighted by molar-refractivity contribution is 7.78. The number of nitrogens with zero attached hydrogens (tertiary/aromatic N) is 3. The molecule has 0 saturated heterocycles. The van der Waals surface area contributed by atoms with Crippen LogP contribution in [0.4, 0.5) is 11.4 Å². The highest BCUT2D eigenvalue weighted by Crippen LogP contribution is 2.32. The van der Waals surface area contributed by atoms with Crippen molar-refractivity contribution in [2.75, 3.05) is 0 Å². The molecule has 1 heterocycles. The molecule has 0 atom stereocenters. The van der Waals surface area contributed by atoms with Gasteiger partial charge in [-0.25, -0.2) is 4.98 Å². The van der Waals surface area contributed by atoms with Crippen molar-refractivity contribution in [1.82, 2.24) is 4.98 Å². The molecule has 0 aliphatic carbocycles. The van der Waals surface area contributed by atoms with Gasteiger partial charge in [-0.15, -0.1) is 0 Å². The fourth-order valence-corrected chi connectivity index (χ4v) is 2.65. The molecule has 0 bridgehead atoms. The van der Waals surface area contributed by atoms with Crippen LogP contribution in [0.15, 0.2) is 75.4 Å². The molecule has 2 aromatic carbocycles. The first-order chi connectivity index (χ1) is 11.8. The third-order valence-corrected chi connectivity index (χ3v) is 3.68. The lowest BCUT2D eigenvalue weighted by Crippen LogP contribution is -2.03. The van der Waals surface area contributed by atoms with Crippen LogP contribution in [0.3, 0.4) is 0 Å². The molecule has 0 radical (unpaired) electrons. The Morgan fingerprint density at radius 1 is 0.833 bits per heavy atom. The van der Waals surface area contributed by atoms with Crippen molar-refractivity contribution in [3.8, 4) is 0 Å². The Labute approximate surface area is 149 Å². The third-order valence-electron chi connectivity index (χ3n) is 3.50. The van der Waals surface area contributed by atoms with Crippen LogP contribution in [0, 0.1) is 0 Å². The van der Waals surface area contributed by atoms with Crippen LogP contribution in [0.2, 0.25) is 0 Å². The molecule has 4 nitrogen and oxygen atoms in total. The average Bonchev–Trinajstić information content (AvgIpc) is 3.13. The van der Waals surface area contributed by atoms with Crippen LogP contribution in [0.5, 0.6) is 0 Å². The number of aliphatic imine (C=N–C) groups is 2. The lowest BCUT2D eigenvalue weighted by molar-refractivity contribution is 0.488. The molecule has 0 aliphatic heterocycles. The second kappa shape index (κ2) is 7.68.